The van der Waals surface area contributed by atoms with Crippen molar-refractivity contribution in [3.8, 4) is 0 Å². The molecule has 0 fully saturated rings. The summed E-state index contributed by atoms with van der Waals surface area (Å²) in [6.07, 6.45) is 1.73. The lowest BCUT2D eigenvalue weighted by Crippen LogP contribution is -2.40. The van der Waals surface area contributed by atoms with Gasteiger partial charge in [0.05, 0.1) is 6.61 Å². The van der Waals surface area contributed by atoms with Crippen LogP contribution in [0, 0.1) is 11.3 Å². The second kappa shape index (κ2) is 7.67. The molecule has 0 aliphatic heterocycles. The van der Waals surface area contributed by atoms with Gasteiger partial charge in [0.2, 0.25) is 0 Å². The number of carbonyl (C=O) groups is 1. The van der Waals surface area contributed by atoms with E-state index >= 15 is 0 Å². The molecule has 0 rings (SSSR count). The second-order valence-corrected chi connectivity index (χ2v) is 5.58. The van der Waals surface area contributed by atoms with E-state index in [1.54, 1.807) is 0 Å². The smallest absolute Gasteiger partial charge is 0.336 e. The molecule has 102 valence electrons. The van der Waals surface area contributed by atoms with E-state index in [-0.39, 0.29) is 0 Å². The molecule has 0 saturated carbocycles. The number of unbranched alkanes of at least 4 members (excludes halogenated alkanes) is 1. The van der Waals surface area contributed by atoms with Crippen molar-refractivity contribution in [3.63, 3.8) is 0 Å². The summed E-state index contributed by atoms with van der Waals surface area (Å²) in [5, 5.41) is 9.17. The zero-order valence-electron chi connectivity index (χ0n) is 11.7. The third kappa shape index (κ3) is 6.64. The SMILES string of the molecule is CCCCOOC(C(=O)O)C(C)(C)CC(C)C. The van der Waals surface area contributed by atoms with Gasteiger partial charge in [-0.3, -0.25) is 0 Å². The van der Waals surface area contributed by atoms with Gasteiger partial charge < -0.3 is 5.11 Å². The number of hydrogen-bond donors (Lipinski definition) is 1. The molecule has 0 amide bonds. The highest BCUT2D eigenvalue weighted by Gasteiger charge is 2.37. The Labute approximate surface area is 104 Å². The number of carboxylic acid groups (broad SMARTS) is 1. The summed E-state index contributed by atoms with van der Waals surface area (Å²) in [4.78, 5) is 21.2. The summed E-state index contributed by atoms with van der Waals surface area (Å²) in [5.41, 5.74) is -0.438. The fraction of sp³-hybridized carbons (Fsp3) is 0.923. The zero-order valence-corrected chi connectivity index (χ0v) is 11.7. The molecule has 4 heteroatoms. The van der Waals surface area contributed by atoms with Gasteiger partial charge in [0.25, 0.3) is 0 Å². The third-order valence-electron chi connectivity index (χ3n) is 2.61. The van der Waals surface area contributed by atoms with Crippen LogP contribution in [0.1, 0.15) is 53.9 Å². The van der Waals surface area contributed by atoms with E-state index in [0.717, 1.165) is 19.3 Å². The summed E-state index contributed by atoms with van der Waals surface area (Å²) in [7, 11) is 0. The Morgan fingerprint density at radius 3 is 2.35 bits per heavy atom. The van der Waals surface area contributed by atoms with Crippen molar-refractivity contribution in [2.45, 2.75) is 60.0 Å². The van der Waals surface area contributed by atoms with Gasteiger partial charge in [-0.1, -0.05) is 41.0 Å². The van der Waals surface area contributed by atoms with Gasteiger partial charge in [0, 0.05) is 5.41 Å². The zero-order chi connectivity index (χ0) is 13.5. The maximum absolute atomic E-state index is 11.2. The average molecular weight is 246 g/mol. The lowest BCUT2D eigenvalue weighted by atomic mass is 9.79. The fourth-order valence-corrected chi connectivity index (χ4v) is 1.98. The van der Waals surface area contributed by atoms with Crippen LogP contribution in [0.3, 0.4) is 0 Å². The highest BCUT2D eigenvalue weighted by atomic mass is 17.2. The Morgan fingerprint density at radius 2 is 1.94 bits per heavy atom. The lowest BCUT2D eigenvalue weighted by Gasteiger charge is -2.31. The topological polar surface area (TPSA) is 55.8 Å². The minimum atomic E-state index is -0.966. The first-order valence-corrected chi connectivity index (χ1v) is 6.32. The van der Waals surface area contributed by atoms with E-state index in [9.17, 15) is 9.90 Å². The van der Waals surface area contributed by atoms with Gasteiger partial charge in [0.1, 0.15) is 0 Å². The van der Waals surface area contributed by atoms with E-state index < -0.39 is 17.5 Å². The average Bonchev–Trinajstić information content (AvgIpc) is 2.14. The number of rotatable bonds is 9. The van der Waals surface area contributed by atoms with Crippen LogP contribution in [-0.4, -0.2) is 23.8 Å². The summed E-state index contributed by atoms with van der Waals surface area (Å²) in [5.74, 6) is -0.543. The van der Waals surface area contributed by atoms with Crippen molar-refractivity contribution in [2.24, 2.45) is 11.3 Å². The van der Waals surface area contributed by atoms with Crippen molar-refractivity contribution in [2.75, 3.05) is 6.61 Å². The molecule has 1 N–H and O–H groups in total. The minimum absolute atomic E-state index is 0.422. The van der Waals surface area contributed by atoms with Crippen LogP contribution in [0.2, 0.25) is 0 Å². The number of aliphatic carboxylic acids is 1. The molecule has 0 heterocycles. The van der Waals surface area contributed by atoms with Crippen molar-refractivity contribution >= 4 is 5.97 Å². The van der Waals surface area contributed by atoms with Crippen molar-refractivity contribution < 1.29 is 19.7 Å². The van der Waals surface area contributed by atoms with E-state index in [4.69, 9.17) is 9.78 Å². The largest absolute Gasteiger partial charge is 0.479 e. The number of carboxylic acids is 1. The molecule has 17 heavy (non-hydrogen) atoms. The molecule has 0 aliphatic rings. The Bertz CT molecular complexity index is 223. The maximum atomic E-state index is 11.2. The number of hydrogen-bond acceptors (Lipinski definition) is 3. The van der Waals surface area contributed by atoms with Crippen molar-refractivity contribution in [1.82, 2.24) is 0 Å². The van der Waals surface area contributed by atoms with E-state index in [1.165, 1.54) is 0 Å². The van der Waals surface area contributed by atoms with Crippen LogP contribution in [0.5, 0.6) is 0 Å². The summed E-state index contributed by atoms with van der Waals surface area (Å²) in [6.45, 7) is 10.4. The van der Waals surface area contributed by atoms with Crippen LogP contribution in [-0.2, 0) is 14.6 Å². The molecule has 4 nitrogen and oxygen atoms in total. The lowest BCUT2D eigenvalue weighted by molar-refractivity contribution is -0.337. The van der Waals surface area contributed by atoms with E-state index in [0.29, 0.717) is 12.5 Å². The fourth-order valence-electron chi connectivity index (χ4n) is 1.98. The molecule has 1 unspecified atom stereocenters. The molecule has 0 saturated heterocycles. The van der Waals surface area contributed by atoms with Crippen LogP contribution >= 0.6 is 0 Å². The monoisotopic (exact) mass is 246 g/mol. The molecule has 0 spiro atoms. The Balaban J connectivity index is 4.35. The first kappa shape index (κ1) is 16.4. The van der Waals surface area contributed by atoms with Gasteiger partial charge >= 0.3 is 5.97 Å². The molecule has 0 aromatic rings. The van der Waals surface area contributed by atoms with Crippen molar-refractivity contribution in [3.05, 3.63) is 0 Å². The van der Waals surface area contributed by atoms with Crippen LogP contribution in [0.15, 0.2) is 0 Å². The molecular formula is C13H26O4. The minimum Gasteiger partial charge on any atom is -0.479 e. The maximum Gasteiger partial charge on any atom is 0.336 e. The van der Waals surface area contributed by atoms with Gasteiger partial charge in [-0.05, 0) is 18.8 Å². The summed E-state index contributed by atoms with van der Waals surface area (Å²) >= 11 is 0. The predicted octanol–water partition coefficient (Wildman–Crippen LogP) is 3.26. The Hall–Kier alpha value is -0.610. The molecule has 0 aliphatic carbocycles. The van der Waals surface area contributed by atoms with Gasteiger partial charge in [0.15, 0.2) is 6.10 Å². The van der Waals surface area contributed by atoms with Gasteiger partial charge in [-0.25, -0.2) is 14.6 Å². The van der Waals surface area contributed by atoms with E-state index in [1.807, 2.05) is 20.8 Å². The molecule has 1 atom stereocenters. The van der Waals surface area contributed by atoms with Crippen LogP contribution in [0.4, 0.5) is 0 Å². The van der Waals surface area contributed by atoms with Crippen LogP contribution in [0.25, 0.3) is 0 Å². The standard InChI is InChI=1S/C13H26O4/c1-6-7-8-16-17-11(12(14)15)13(4,5)9-10(2)3/h10-11H,6-9H2,1-5H3,(H,14,15). The van der Waals surface area contributed by atoms with E-state index in [2.05, 4.69) is 13.8 Å². The highest BCUT2D eigenvalue weighted by molar-refractivity contribution is 5.73. The third-order valence-corrected chi connectivity index (χ3v) is 2.61. The molecule has 0 radical (unpaired) electrons. The Morgan fingerprint density at radius 1 is 1.35 bits per heavy atom. The molecule has 0 aromatic heterocycles. The van der Waals surface area contributed by atoms with Crippen LogP contribution < -0.4 is 0 Å². The first-order chi connectivity index (χ1) is 7.81. The molecular weight excluding hydrogens is 220 g/mol. The second-order valence-electron chi connectivity index (χ2n) is 5.58. The summed E-state index contributed by atoms with van der Waals surface area (Å²) in [6, 6.07) is 0. The Kier molecular flexibility index (Phi) is 7.39. The molecule has 0 aromatic carbocycles. The quantitative estimate of drug-likeness (QED) is 0.385. The normalized spacial score (nSPS) is 14.0. The predicted molar refractivity (Wildman–Crippen MR) is 66.6 cm³/mol. The summed E-state index contributed by atoms with van der Waals surface area (Å²) < 4.78 is 0. The first-order valence-electron chi connectivity index (χ1n) is 6.32. The van der Waals surface area contributed by atoms with Gasteiger partial charge in [-0.2, -0.15) is 0 Å². The molecule has 0 bridgehead atoms. The van der Waals surface area contributed by atoms with Gasteiger partial charge in [-0.15, -0.1) is 0 Å². The highest BCUT2D eigenvalue weighted by Crippen LogP contribution is 2.31. The van der Waals surface area contributed by atoms with Crippen molar-refractivity contribution in [1.29, 1.82) is 0 Å².